The number of aliphatic hydroxyl groups is 4. The van der Waals surface area contributed by atoms with E-state index in [0.29, 0.717) is 30.1 Å². The third-order valence-electron chi connectivity index (χ3n) is 11.6. The smallest absolute Gasteiger partial charge is 0.188 e. The van der Waals surface area contributed by atoms with Crippen LogP contribution in [0.15, 0.2) is 0 Å². The van der Waals surface area contributed by atoms with Gasteiger partial charge in [0.25, 0.3) is 0 Å². The second-order valence-corrected chi connectivity index (χ2v) is 13.2. The minimum Gasteiger partial charge on any atom is -0.393 e. The van der Waals surface area contributed by atoms with E-state index < -0.39 is 36.4 Å². The Kier molecular flexibility index (Phi) is 6.45. The summed E-state index contributed by atoms with van der Waals surface area (Å²) >= 11 is 0. The Hall–Kier alpha value is -0.280. The number of nitrogens with two attached hydrogens (primary N) is 1. The number of aliphatic hydroxyl groups excluding tert-OH is 4. The summed E-state index contributed by atoms with van der Waals surface area (Å²) in [5.41, 5.74) is 6.38. The fourth-order valence-electron chi connectivity index (χ4n) is 9.54. The lowest BCUT2D eigenvalue weighted by Crippen LogP contribution is -2.63. The molecule has 5 fully saturated rings. The van der Waals surface area contributed by atoms with E-state index in [0.717, 1.165) is 31.6 Å². The summed E-state index contributed by atoms with van der Waals surface area (Å²) < 4.78 is 11.9. The van der Waals surface area contributed by atoms with Crippen LogP contribution in [0.3, 0.4) is 0 Å². The van der Waals surface area contributed by atoms with Crippen LogP contribution in [0.4, 0.5) is 0 Å². The maximum atomic E-state index is 10.5. The standard InChI is InChI=1S/C27H47NO6/c1-14(29)18-7-8-19-17-6-5-16-13-27(28,34-24-23(32)22(31)21(30)15(2)33-24)12-11-25(16,3)20(17)9-10-26(18,19)4/h14-24,29-32H,5-13,28H2,1-4H3/t14?,15-,16?,17?,18+,19?,20?,21-,22+,23+,24-,25-,26+,27?/m0/s1. The molecule has 0 amide bonds. The molecule has 1 saturated heterocycles. The van der Waals surface area contributed by atoms with E-state index in [1.807, 2.05) is 6.92 Å². The van der Waals surface area contributed by atoms with Crippen molar-refractivity contribution in [3.63, 3.8) is 0 Å². The first-order chi connectivity index (χ1) is 15.9. The summed E-state index contributed by atoms with van der Waals surface area (Å²) in [6.45, 7) is 8.58. The first-order valence-corrected chi connectivity index (χ1v) is 13.7. The Labute approximate surface area is 204 Å². The van der Waals surface area contributed by atoms with Crippen molar-refractivity contribution < 1.29 is 29.9 Å². The predicted octanol–water partition coefficient (Wildman–Crippen LogP) is 2.53. The van der Waals surface area contributed by atoms with Gasteiger partial charge in [0, 0.05) is 0 Å². The molecule has 14 atom stereocenters. The number of hydrogen-bond acceptors (Lipinski definition) is 7. The van der Waals surface area contributed by atoms with Crippen LogP contribution < -0.4 is 5.73 Å². The van der Waals surface area contributed by atoms with Gasteiger partial charge in [-0.1, -0.05) is 13.8 Å². The van der Waals surface area contributed by atoms with Crippen LogP contribution in [0.25, 0.3) is 0 Å². The number of ether oxygens (including phenoxy) is 2. The largest absolute Gasteiger partial charge is 0.393 e. The molecule has 1 aliphatic heterocycles. The highest BCUT2D eigenvalue weighted by Crippen LogP contribution is 2.68. The molecule has 4 aliphatic carbocycles. The second kappa shape index (κ2) is 8.64. The van der Waals surface area contributed by atoms with Crippen molar-refractivity contribution >= 4 is 0 Å². The summed E-state index contributed by atoms with van der Waals surface area (Å²) in [6.07, 6.45) is 3.95. The molecule has 0 aromatic heterocycles. The average Bonchev–Trinajstić information content (AvgIpc) is 3.14. The average molecular weight is 482 g/mol. The minimum absolute atomic E-state index is 0.220. The number of hydrogen-bond donors (Lipinski definition) is 5. The number of fused-ring (bicyclic) bond motifs is 5. The van der Waals surface area contributed by atoms with Gasteiger partial charge >= 0.3 is 0 Å². The Morgan fingerprint density at radius 2 is 1.59 bits per heavy atom. The lowest BCUT2D eigenvalue weighted by atomic mass is 9.44. The van der Waals surface area contributed by atoms with E-state index in [1.165, 1.54) is 25.7 Å². The molecular weight excluding hydrogens is 434 g/mol. The van der Waals surface area contributed by atoms with Gasteiger partial charge in [0.15, 0.2) is 6.29 Å². The Balaban J connectivity index is 1.29. The van der Waals surface area contributed by atoms with Gasteiger partial charge < -0.3 is 35.6 Å². The van der Waals surface area contributed by atoms with E-state index in [-0.39, 0.29) is 16.9 Å². The van der Waals surface area contributed by atoms with Crippen molar-refractivity contribution in [2.24, 2.45) is 46.2 Å². The lowest BCUT2D eigenvalue weighted by Gasteiger charge is -2.62. The third-order valence-corrected chi connectivity index (χ3v) is 11.6. The SMILES string of the molecule is CC(O)[C@H]1CCC2C3CCC4CC(N)(O[C@@H]5O[C@@H](C)[C@H](O)[C@@H](O)[C@H]5O)CC[C@]4(C)C3CC[C@@]21C. The van der Waals surface area contributed by atoms with Crippen molar-refractivity contribution in [3.05, 3.63) is 0 Å². The quantitative estimate of drug-likeness (QED) is 0.310. The van der Waals surface area contributed by atoms with Gasteiger partial charge in [0.2, 0.25) is 0 Å². The Morgan fingerprint density at radius 3 is 2.29 bits per heavy atom. The van der Waals surface area contributed by atoms with Crippen LogP contribution in [0, 0.1) is 40.4 Å². The highest BCUT2D eigenvalue weighted by Gasteiger charge is 2.62. The van der Waals surface area contributed by atoms with Gasteiger partial charge in [-0.2, -0.15) is 0 Å². The minimum atomic E-state index is -1.32. The highest BCUT2D eigenvalue weighted by molar-refractivity contribution is 5.11. The summed E-state index contributed by atoms with van der Waals surface area (Å²) in [7, 11) is 0. The Morgan fingerprint density at radius 1 is 0.882 bits per heavy atom. The van der Waals surface area contributed by atoms with Crippen molar-refractivity contribution in [2.75, 3.05) is 0 Å². The fourth-order valence-corrected chi connectivity index (χ4v) is 9.54. The molecule has 0 spiro atoms. The third kappa shape index (κ3) is 3.80. The van der Waals surface area contributed by atoms with E-state index in [4.69, 9.17) is 15.2 Å². The molecular formula is C27H47NO6. The van der Waals surface area contributed by atoms with Gasteiger partial charge in [-0.05, 0) is 112 Å². The Bertz CT molecular complexity index is 765. The van der Waals surface area contributed by atoms with Crippen LogP contribution in [0.1, 0.15) is 85.5 Å². The summed E-state index contributed by atoms with van der Waals surface area (Å²) in [4.78, 5) is 0. The van der Waals surface area contributed by atoms with E-state index in [1.54, 1.807) is 6.92 Å². The molecule has 6 N–H and O–H groups in total. The van der Waals surface area contributed by atoms with Gasteiger partial charge in [0.05, 0.1) is 12.2 Å². The van der Waals surface area contributed by atoms with E-state index in [2.05, 4.69) is 13.8 Å². The molecule has 4 saturated carbocycles. The molecule has 5 rings (SSSR count). The summed E-state index contributed by atoms with van der Waals surface area (Å²) in [6, 6.07) is 0. The van der Waals surface area contributed by atoms with Gasteiger partial charge in [-0.3, -0.25) is 0 Å². The van der Waals surface area contributed by atoms with E-state index >= 15 is 0 Å². The molecule has 0 bridgehead atoms. The van der Waals surface area contributed by atoms with Crippen LogP contribution in [-0.4, -0.2) is 63.0 Å². The molecule has 1 heterocycles. The molecule has 0 radical (unpaired) electrons. The van der Waals surface area contributed by atoms with Gasteiger partial charge in [-0.25, -0.2) is 0 Å². The van der Waals surface area contributed by atoms with Crippen LogP contribution in [0.2, 0.25) is 0 Å². The zero-order valence-corrected chi connectivity index (χ0v) is 21.4. The zero-order chi connectivity index (χ0) is 24.6. The lowest BCUT2D eigenvalue weighted by molar-refractivity contribution is -0.329. The molecule has 7 nitrogen and oxygen atoms in total. The van der Waals surface area contributed by atoms with Crippen LogP contribution in [0.5, 0.6) is 0 Å². The number of rotatable bonds is 3. The monoisotopic (exact) mass is 481 g/mol. The molecule has 5 aliphatic rings. The fraction of sp³-hybridized carbons (Fsp3) is 1.00. The zero-order valence-electron chi connectivity index (χ0n) is 21.4. The van der Waals surface area contributed by atoms with Gasteiger partial charge in [-0.15, -0.1) is 0 Å². The second-order valence-electron chi connectivity index (χ2n) is 13.2. The first kappa shape index (κ1) is 25.4. The molecule has 0 aromatic rings. The van der Waals surface area contributed by atoms with Crippen LogP contribution >= 0.6 is 0 Å². The summed E-state index contributed by atoms with van der Waals surface area (Å²) in [5, 5.41) is 41.1. The van der Waals surface area contributed by atoms with Gasteiger partial charge in [0.1, 0.15) is 24.0 Å². The van der Waals surface area contributed by atoms with Crippen molar-refractivity contribution in [1.29, 1.82) is 0 Å². The topological polar surface area (TPSA) is 125 Å². The first-order valence-electron chi connectivity index (χ1n) is 13.7. The maximum Gasteiger partial charge on any atom is 0.188 e. The normalized spacial score (nSPS) is 58.5. The molecule has 0 aromatic carbocycles. The summed E-state index contributed by atoms with van der Waals surface area (Å²) in [5.74, 6) is 3.02. The maximum absolute atomic E-state index is 10.5. The molecule has 7 heteroatoms. The molecule has 6 unspecified atom stereocenters. The van der Waals surface area contributed by atoms with Crippen molar-refractivity contribution in [3.8, 4) is 0 Å². The van der Waals surface area contributed by atoms with Crippen molar-refractivity contribution in [1.82, 2.24) is 0 Å². The predicted molar refractivity (Wildman–Crippen MR) is 127 cm³/mol. The molecule has 196 valence electrons. The molecule has 34 heavy (non-hydrogen) atoms. The highest BCUT2D eigenvalue weighted by atomic mass is 16.7. The van der Waals surface area contributed by atoms with Crippen LogP contribution in [-0.2, 0) is 9.47 Å². The van der Waals surface area contributed by atoms with Crippen molar-refractivity contribution in [2.45, 2.75) is 128 Å². The van der Waals surface area contributed by atoms with E-state index in [9.17, 15) is 20.4 Å².